The van der Waals surface area contributed by atoms with Crippen molar-refractivity contribution in [2.45, 2.75) is 31.7 Å². The van der Waals surface area contributed by atoms with Gasteiger partial charge in [-0.25, -0.2) is 4.79 Å². The van der Waals surface area contributed by atoms with Crippen LogP contribution in [0.15, 0.2) is 53.5 Å². The van der Waals surface area contributed by atoms with Gasteiger partial charge >= 0.3 is 6.03 Å². The molecule has 1 saturated heterocycles. The van der Waals surface area contributed by atoms with Gasteiger partial charge in [0.15, 0.2) is 0 Å². The minimum Gasteiger partial charge on any atom is -0.508 e. The molecule has 5 heteroatoms. The number of nitrogens with one attached hydrogen (secondary N) is 1. The third-order valence-corrected chi connectivity index (χ3v) is 5.66. The Kier molecular flexibility index (Phi) is 4.15. The van der Waals surface area contributed by atoms with Crippen LogP contribution in [0.5, 0.6) is 5.75 Å². The summed E-state index contributed by atoms with van der Waals surface area (Å²) in [6.45, 7) is 3.95. The second-order valence-electron chi connectivity index (χ2n) is 7.11. The number of phenols is 1. The summed E-state index contributed by atoms with van der Waals surface area (Å²) in [5, 5.41) is 12.5. The van der Waals surface area contributed by atoms with Crippen molar-refractivity contribution in [3.8, 4) is 5.75 Å². The maximum atomic E-state index is 12.5. The highest BCUT2D eigenvalue weighted by atomic mass is 16.3. The van der Waals surface area contributed by atoms with Crippen LogP contribution in [0, 0.1) is 0 Å². The molecule has 2 aromatic rings. The normalized spacial score (nSPS) is 17.7. The van der Waals surface area contributed by atoms with E-state index in [4.69, 9.17) is 4.99 Å². The Morgan fingerprint density at radius 1 is 1.19 bits per heavy atom. The number of amides is 2. The van der Waals surface area contributed by atoms with Crippen molar-refractivity contribution in [3.63, 3.8) is 0 Å². The first-order chi connectivity index (χ1) is 12.6. The summed E-state index contributed by atoms with van der Waals surface area (Å²) in [5.41, 5.74) is 4.42. The molecule has 2 aliphatic heterocycles. The second-order valence-corrected chi connectivity index (χ2v) is 7.11. The van der Waals surface area contributed by atoms with Gasteiger partial charge in [0, 0.05) is 30.8 Å². The van der Waals surface area contributed by atoms with Crippen molar-refractivity contribution < 1.29 is 9.90 Å². The second kappa shape index (κ2) is 6.48. The molecule has 1 fully saturated rings. The number of aromatic hydroxyl groups is 1. The molecule has 2 aromatic carbocycles. The lowest BCUT2D eigenvalue weighted by atomic mass is 9.71. The van der Waals surface area contributed by atoms with E-state index in [1.54, 1.807) is 18.2 Å². The van der Waals surface area contributed by atoms with Gasteiger partial charge in [-0.05, 0) is 49.1 Å². The zero-order chi connectivity index (χ0) is 18.1. The third-order valence-electron chi connectivity index (χ3n) is 5.66. The molecule has 0 saturated carbocycles. The average Bonchev–Trinajstić information content (AvgIpc) is 2.92. The molecule has 0 radical (unpaired) electrons. The van der Waals surface area contributed by atoms with Gasteiger partial charge in [0.25, 0.3) is 0 Å². The minimum absolute atomic E-state index is 0.0153. The maximum absolute atomic E-state index is 12.5. The van der Waals surface area contributed by atoms with E-state index in [9.17, 15) is 9.90 Å². The number of carbonyl (C=O) groups excluding carboxylic acids is 1. The van der Waals surface area contributed by atoms with E-state index >= 15 is 0 Å². The fourth-order valence-electron chi connectivity index (χ4n) is 4.14. The van der Waals surface area contributed by atoms with Gasteiger partial charge in [0.05, 0.1) is 5.69 Å². The molecular weight excluding hydrogens is 326 g/mol. The van der Waals surface area contributed by atoms with Crippen molar-refractivity contribution >= 4 is 17.4 Å². The van der Waals surface area contributed by atoms with Gasteiger partial charge in [0.1, 0.15) is 5.75 Å². The van der Waals surface area contributed by atoms with Crippen molar-refractivity contribution in [3.05, 3.63) is 59.7 Å². The van der Waals surface area contributed by atoms with Crippen LogP contribution in [0.3, 0.4) is 0 Å². The van der Waals surface area contributed by atoms with Gasteiger partial charge in [0.2, 0.25) is 0 Å². The number of aliphatic imine (C=N–C) groups is 1. The van der Waals surface area contributed by atoms with Crippen molar-refractivity contribution in [2.24, 2.45) is 4.99 Å². The summed E-state index contributed by atoms with van der Waals surface area (Å²) >= 11 is 0. The summed E-state index contributed by atoms with van der Waals surface area (Å²) in [4.78, 5) is 19.1. The molecule has 5 nitrogen and oxygen atoms in total. The van der Waals surface area contributed by atoms with Gasteiger partial charge < -0.3 is 15.3 Å². The van der Waals surface area contributed by atoms with E-state index in [1.165, 1.54) is 11.3 Å². The number of carbonyl (C=O) groups is 1. The van der Waals surface area contributed by atoms with E-state index in [0.717, 1.165) is 24.1 Å². The molecule has 1 spiro atoms. The quantitative estimate of drug-likeness (QED) is 0.867. The number of likely N-dealkylation sites (tertiary alicyclic amines) is 1. The topological polar surface area (TPSA) is 64.9 Å². The van der Waals surface area contributed by atoms with Crippen molar-refractivity contribution in [2.75, 3.05) is 13.1 Å². The fraction of sp³-hybridized carbons (Fsp3) is 0.333. The molecule has 2 aliphatic rings. The Morgan fingerprint density at radius 2 is 1.96 bits per heavy atom. The van der Waals surface area contributed by atoms with Crippen LogP contribution in [0.1, 0.15) is 30.9 Å². The lowest BCUT2D eigenvalue weighted by molar-refractivity contribution is 0.173. The summed E-state index contributed by atoms with van der Waals surface area (Å²) in [5.74, 6) is 0.214. The van der Waals surface area contributed by atoms with Gasteiger partial charge in [-0.1, -0.05) is 30.3 Å². The van der Waals surface area contributed by atoms with Gasteiger partial charge in [-0.3, -0.25) is 4.99 Å². The van der Waals surface area contributed by atoms with Gasteiger partial charge in [-0.15, -0.1) is 0 Å². The monoisotopic (exact) mass is 349 g/mol. The Bertz CT molecular complexity index is 867. The third kappa shape index (κ3) is 2.83. The molecule has 2 amide bonds. The molecule has 0 unspecified atom stereocenters. The largest absolute Gasteiger partial charge is 0.508 e. The van der Waals surface area contributed by atoms with Crippen LogP contribution in [0.2, 0.25) is 0 Å². The first kappa shape index (κ1) is 16.6. The van der Waals surface area contributed by atoms with Crippen LogP contribution in [0.4, 0.5) is 10.5 Å². The molecule has 0 aliphatic carbocycles. The zero-order valence-corrected chi connectivity index (χ0v) is 14.9. The van der Waals surface area contributed by atoms with Crippen LogP contribution in [0.25, 0.3) is 0 Å². The van der Waals surface area contributed by atoms with Crippen LogP contribution in [-0.4, -0.2) is 34.8 Å². The number of fused-ring (bicyclic) bond motifs is 2. The highest BCUT2D eigenvalue weighted by Crippen LogP contribution is 2.46. The Labute approximate surface area is 153 Å². The number of hydrogen-bond donors (Lipinski definition) is 2. The highest BCUT2D eigenvalue weighted by molar-refractivity contribution is 6.00. The van der Waals surface area contributed by atoms with Crippen molar-refractivity contribution in [1.29, 1.82) is 0 Å². The summed E-state index contributed by atoms with van der Waals surface area (Å²) < 4.78 is 0. The summed E-state index contributed by atoms with van der Waals surface area (Å²) in [7, 11) is 0. The molecule has 0 bridgehead atoms. The standard InChI is InChI=1S/C21H23N3O2/c1-15-21(18-7-2-3-8-19(18)23-15)9-11-24(12-10-21)20(26)22-14-16-5-4-6-17(25)13-16/h2-8,13,25H,9-12,14H2,1H3,(H,22,26). The van der Waals surface area contributed by atoms with E-state index in [-0.39, 0.29) is 17.2 Å². The van der Waals surface area contributed by atoms with Crippen molar-refractivity contribution in [1.82, 2.24) is 10.2 Å². The first-order valence-electron chi connectivity index (χ1n) is 9.04. The number of benzene rings is 2. The molecule has 0 aromatic heterocycles. The molecular formula is C21H23N3O2. The fourth-order valence-corrected chi connectivity index (χ4v) is 4.14. The lowest BCUT2D eigenvalue weighted by Gasteiger charge is -2.40. The van der Waals surface area contributed by atoms with Crippen LogP contribution in [-0.2, 0) is 12.0 Å². The summed E-state index contributed by atoms with van der Waals surface area (Å²) in [6, 6.07) is 15.3. The number of nitrogens with zero attached hydrogens (tertiary/aromatic N) is 2. The Hall–Kier alpha value is -2.82. The maximum Gasteiger partial charge on any atom is 0.317 e. The molecule has 0 atom stereocenters. The highest BCUT2D eigenvalue weighted by Gasteiger charge is 2.44. The number of piperidine rings is 1. The number of hydrogen-bond acceptors (Lipinski definition) is 3. The smallest absolute Gasteiger partial charge is 0.317 e. The molecule has 134 valence electrons. The van der Waals surface area contributed by atoms with E-state index in [2.05, 4.69) is 30.4 Å². The van der Waals surface area contributed by atoms with E-state index in [1.807, 2.05) is 17.0 Å². The number of rotatable bonds is 2. The van der Waals surface area contributed by atoms with Crippen LogP contribution < -0.4 is 5.32 Å². The first-order valence-corrected chi connectivity index (χ1v) is 9.04. The van der Waals surface area contributed by atoms with E-state index in [0.29, 0.717) is 19.6 Å². The molecule has 26 heavy (non-hydrogen) atoms. The van der Waals surface area contributed by atoms with Gasteiger partial charge in [-0.2, -0.15) is 0 Å². The SMILES string of the molecule is CC1=Nc2ccccc2C12CCN(C(=O)NCc1cccc(O)c1)CC2. The average molecular weight is 349 g/mol. The predicted octanol–water partition coefficient (Wildman–Crippen LogP) is 3.74. The number of urea groups is 1. The van der Waals surface area contributed by atoms with Crippen LogP contribution >= 0.6 is 0 Å². The molecule has 4 rings (SSSR count). The lowest BCUT2D eigenvalue weighted by Crippen LogP contribution is -2.50. The molecule has 2 heterocycles. The number of para-hydroxylation sites is 1. The number of phenolic OH excluding ortho intramolecular Hbond substituents is 1. The minimum atomic E-state index is -0.0518. The zero-order valence-electron chi connectivity index (χ0n) is 14.9. The Balaban J connectivity index is 1.39. The molecule has 2 N–H and O–H groups in total. The van der Waals surface area contributed by atoms with E-state index < -0.39 is 0 Å². The summed E-state index contributed by atoms with van der Waals surface area (Å²) in [6.07, 6.45) is 1.80. The Morgan fingerprint density at radius 3 is 2.73 bits per heavy atom. The predicted molar refractivity (Wildman–Crippen MR) is 102 cm³/mol.